The molecule has 6 rings (SSSR count). The summed E-state index contributed by atoms with van der Waals surface area (Å²) in [6, 6.07) is 5.86. The average Bonchev–Trinajstić information content (AvgIpc) is 3.45. The molecule has 248 valence electrons. The van der Waals surface area contributed by atoms with Crippen molar-refractivity contribution in [3.05, 3.63) is 30.1 Å². The zero-order valence-electron chi connectivity index (χ0n) is 29.0. The summed E-state index contributed by atoms with van der Waals surface area (Å²) < 4.78 is 6.18. The van der Waals surface area contributed by atoms with Gasteiger partial charge in [-0.25, -0.2) is 0 Å². The summed E-state index contributed by atoms with van der Waals surface area (Å²) in [6.45, 7) is 15.6. The van der Waals surface area contributed by atoms with Crippen LogP contribution in [-0.4, -0.2) is 29.3 Å². The van der Waals surface area contributed by atoms with Gasteiger partial charge in [0.15, 0.2) is 0 Å². The van der Waals surface area contributed by atoms with Crippen LogP contribution in [0.3, 0.4) is 0 Å². The molecule has 0 spiro atoms. The van der Waals surface area contributed by atoms with Crippen molar-refractivity contribution in [2.45, 2.75) is 138 Å². The first-order chi connectivity index (χ1) is 21.2. The number of carbonyl (C=O) groups excluding carboxylic acids is 3. The third kappa shape index (κ3) is 5.29. The van der Waals surface area contributed by atoms with Crippen LogP contribution in [0.4, 0.5) is 0 Å². The summed E-state index contributed by atoms with van der Waals surface area (Å²) >= 11 is 0. The van der Waals surface area contributed by atoms with Crippen molar-refractivity contribution in [3.63, 3.8) is 0 Å². The van der Waals surface area contributed by atoms with Gasteiger partial charge in [0, 0.05) is 17.0 Å². The Balaban J connectivity index is 1.18. The van der Waals surface area contributed by atoms with Crippen molar-refractivity contribution < 1.29 is 19.1 Å². The Morgan fingerprint density at radius 2 is 1.71 bits per heavy atom. The minimum absolute atomic E-state index is 0.0789. The van der Waals surface area contributed by atoms with Crippen LogP contribution in [-0.2, 0) is 19.1 Å². The van der Waals surface area contributed by atoms with Crippen LogP contribution in [0.2, 0.25) is 0 Å². The number of esters is 1. The molecule has 6 unspecified atom stereocenters. The maximum absolute atomic E-state index is 14.1. The summed E-state index contributed by atoms with van der Waals surface area (Å²) in [7, 11) is 0. The van der Waals surface area contributed by atoms with Gasteiger partial charge in [-0.1, -0.05) is 54.0 Å². The van der Waals surface area contributed by atoms with E-state index < -0.39 is 5.41 Å². The number of pyridine rings is 1. The molecule has 0 aromatic carbocycles. The van der Waals surface area contributed by atoms with Crippen LogP contribution in [0, 0.1) is 56.7 Å². The molecule has 6 heteroatoms. The van der Waals surface area contributed by atoms with E-state index in [9.17, 15) is 14.4 Å². The summed E-state index contributed by atoms with van der Waals surface area (Å²) in [5.74, 6) is 2.98. The molecule has 1 aromatic rings. The number of fused-ring (bicyclic) bond motifs is 7. The second kappa shape index (κ2) is 11.5. The van der Waals surface area contributed by atoms with Crippen molar-refractivity contribution in [1.29, 1.82) is 0 Å². The largest absolute Gasteiger partial charge is 0.462 e. The van der Waals surface area contributed by atoms with Gasteiger partial charge in [-0.3, -0.25) is 14.6 Å². The number of nitrogens with zero attached hydrogens (tertiary/aromatic N) is 1. The normalized spacial score (nSPS) is 41.0. The van der Waals surface area contributed by atoms with E-state index >= 15 is 0 Å². The van der Waals surface area contributed by atoms with Crippen LogP contribution in [0.15, 0.2) is 24.4 Å². The first kappa shape index (κ1) is 32.7. The fourth-order valence-electron chi connectivity index (χ4n) is 12.5. The Hall–Kier alpha value is -2.24. The van der Waals surface area contributed by atoms with E-state index in [-0.39, 0.29) is 52.1 Å². The Kier molecular flexibility index (Phi) is 8.34. The van der Waals surface area contributed by atoms with Crippen molar-refractivity contribution in [2.75, 3.05) is 0 Å². The van der Waals surface area contributed by atoms with Gasteiger partial charge >= 0.3 is 5.97 Å². The lowest BCUT2D eigenvalue weighted by Crippen LogP contribution is -2.64. The zero-order chi connectivity index (χ0) is 32.4. The van der Waals surface area contributed by atoms with Crippen molar-refractivity contribution in [1.82, 2.24) is 10.3 Å². The first-order valence-corrected chi connectivity index (χ1v) is 18.1. The smallest absolute Gasteiger partial charge is 0.307 e. The second-order valence-electron chi connectivity index (χ2n) is 17.8. The van der Waals surface area contributed by atoms with Gasteiger partial charge in [-0.2, -0.15) is 0 Å². The highest BCUT2D eigenvalue weighted by Gasteiger charge is 2.67. The van der Waals surface area contributed by atoms with E-state index in [1.54, 1.807) is 13.8 Å². The molecule has 10 atom stereocenters. The maximum Gasteiger partial charge on any atom is 0.307 e. The number of hydrogen-bond donors (Lipinski definition) is 1. The van der Waals surface area contributed by atoms with E-state index in [4.69, 9.17) is 4.74 Å². The number of aldehydes is 1. The van der Waals surface area contributed by atoms with Crippen molar-refractivity contribution in [3.8, 4) is 0 Å². The molecule has 0 saturated heterocycles. The Morgan fingerprint density at radius 3 is 2.42 bits per heavy atom. The minimum atomic E-state index is -0.690. The molecular weight excluding hydrogens is 560 g/mol. The van der Waals surface area contributed by atoms with E-state index in [1.165, 1.54) is 32.1 Å². The molecule has 1 N–H and O–H groups in total. The van der Waals surface area contributed by atoms with Crippen LogP contribution in [0.5, 0.6) is 0 Å². The monoisotopic (exact) mass is 618 g/mol. The first-order valence-electron chi connectivity index (χ1n) is 18.1. The van der Waals surface area contributed by atoms with Crippen LogP contribution in [0.25, 0.3) is 0 Å². The fraction of sp³-hybridized carbons (Fsp3) is 0.795. The minimum Gasteiger partial charge on any atom is -0.462 e. The lowest BCUT2D eigenvalue weighted by molar-refractivity contribution is -0.221. The summed E-state index contributed by atoms with van der Waals surface area (Å²) in [5, 5.41) is 3.42. The van der Waals surface area contributed by atoms with Gasteiger partial charge in [0.05, 0.1) is 23.6 Å². The average molecular weight is 619 g/mol. The molecule has 5 aliphatic carbocycles. The molecule has 5 fully saturated rings. The van der Waals surface area contributed by atoms with E-state index in [1.807, 2.05) is 24.4 Å². The molecular formula is C39H58N2O4. The third-order valence-electron chi connectivity index (χ3n) is 14.6. The van der Waals surface area contributed by atoms with E-state index in [2.05, 4.69) is 44.9 Å². The lowest BCUT2D eigenvalue weighted by atomic mass is 9.36. The maximum atomic E-state index is 14.1. The molecule has 45 heavy (non-hydrogen) atoms. The van der Waals surface area contributed by atoms with Gasteiger partial charge in [-0.15, -0.1) is 0 Å². The molecule has 0 bridgehead atoms. The Labute approximate surface area is 271 Å². The summed E-state index contributed by atoms with van der Waals surface area (Å²) in [5.41, 5.74) is 0.407. The number of amides is 1. The van der Waals surface area contributed by atoms with Crippen LogP contribution in [0.1, 0.15) is 137 Å². The molecule has 5 saturated carbocycles. The predicted molar refractivity (Wildman–Crippen MR) is 176 cm³/mol. The number of carbonyl (C=O) groups is 3. The second-order valence-corrected chi connectivity index (χ2v) is 17.8. The highest BCUT2D eigenvalue weighted by Crippen LogP contribution is 2.73. The quantitative estimate of drug-likeness (QED) is 0.246. The Morgan fingerprint density at radius 1 is 0.956 bits per heavy atom. The van der Waals surface area contributed by atoms with Crippen molar-refractivity contribution >= 4 is 18.2 Å². The third-order valence-corrected chi connectivity index (χ3v) is 14.6. The van der Waals surface area contributed by atoms with E-state index in [0.717, 1.165) is 50.5 Å². The van der Waals surface area contributed by atoms with Gasteiger partial charge < -0.3 is 14.8 Å². The standard InChI is InChI=1S/C39H58N2O4/c1-25(29-12-8-9-22-40-29)41-34(44)39-18-10-11-28(39)26-13-14-31-37(6,27(26)15-21-39)19-16-30-36(4,5)32(17-20-38(30,31)7)45-33(43)23-35(2,3)24-42/h8-9,12,22,24-28,30-32H,10-11,13-21,23H2,1-7H3,(H,41,44)/t25?,26?,27?,28?,30?,31?,32-,37-,38-,39-/m0/s1. The van der Waals surface area contributed by atoms with E-state index in [0.29, 0.717) is 29.6 Å². The van der Waals surface area contributed by atoms with Gasteiger partial charge in [0.2, 0.25) is 5.91 Å². The lowest BCUT2D eigenvalue weighted by Gasteiger charge is -2.69. The number of ether oxygens (including phenoxy) is 1. The zero-order valence-corrected chi connectivity index (χ0v) is 29.0. The molecule has 0 aliphatic heterocycles. The van der Waals surface area contributed by atoms with Gasteiger partial charge in [0.1, 0.15) is 12.4 Å². The molecule has 5 aliphatic rings. The van der Waals surface area contributed by atoms with Gasteiger partial charge in [0.25, 0.3) is 0 Å². The van der Waals surface area contributed by atoms with Crippen LogP contribution < -0.4 is 5.32 Å². The number of rotatable bonds is 7. The number of hydrogen-bond acceptors (Lipinski definition) is 5. The highest BCUT2D eigenvalue weighted by atomic mass is 16.5. The molecule has 1 heterocycles. The molecule has 6 nitrogen and oxygen atoms in total. The molecule has 0 radical (unpaired) electrons. The fourth-order valence-corrected chi connectivity index (χ4v) is 12.5. The SMILES string of the molecule is CC(NC(=O)[C@]12CCCC1C1CCC3[C@@](C)(CCC4C(C)(C)[C@@H](OC(=O)CC(C)(C)C=O)CC[C@@]43C)C1CC2)c1ccccn1. The number of nitrogens with one attached hydrogen (secondary N) is 1. The summed E-state index contributed by atoms with van der Waals surface area (Å²) in [4.78, 5) is 43.0. The number of aromatic nitrogens is 1. The Bertz CT molecular complexity index is 1290. The summed E-state index contributed by atoms with van der Waals surface area (Å²) in [6.07, 6.45) is 15.1. The topological polar surface area (TPSA) is 85.4 Å². The molecule has 1 amide bonds. The predicted octanol–water partition coefficient (Wildman–Crippen LogP) is 8.25. The highest BCUT2D eigenvalue weighted by molar-refractivity contribution is 5.84. The van der Waals surface area contributed by atoms with Crippen LogP contribution >= 0.6 is 0 Å². The van der Waals surface area contributed by atoms with Crippen molar-refractivity contribution in [2.24, 2.45) is 56.7 Å². The van der Waals surface area contributed by atoms with Gasteiger partial charge in [-0.05, 0) is 124 Å². The molecule has 1 aromatic heterocycles.